The highest BCUT2D eigenvalue weighted by Gasteiger charge is 2.21. The average Bonchev–Trinajstić information content (AvgIpc) is 3.15. The van der Waals surface area contributed by atoms with Crippen LogP contribution in [0.3, 0.4) is 0 Å². The number of esters is 2. The quantitative estimate of drug-likeness (QED) is 0.0201. The predicted octanol–water partition coefficient (Wildman–Crippen LogP) is 11.4. The number of likely N-dealkylation sites (N-methyl/N-ethyl adjacent to an activating group) is 1. The van der Waals surface area contributed by atoms with E-state index in [4.69, 9.17) is 18.5 Å². The summed E-state index contributed by atoms with van der Waals surface area (Å²) in [6.07, 6.45) is 47.6. The Balaban J connectivity index is 4.52. The zero-order valence-electron chi connectivity index (χ0n) is 35.8. The molecular formula is C46H78NO8P. The first-order chi connectivity index (χ1) is 27.0. The summed E-state index contributed by atoms with van der Waals surface area (Å²) < 4.78 is 33.8. The van der Waals surface area contributed by atoms with E-state index in [2.05, 4.69) is 92.8 Å². The lowest BCUT2D eigenvalue weighted by Crippen LogP contribution is -2.37. The molecule has 1 unspecified atom stereocenters. The summed E-state index contributed by atoms with van der Waals surface area (Å²) in [5.74, 6) is -0.929. The van der Waals surface area contributed by atoms with Gasteiger partial charge in [-0.05, 0) is 83.5 Å². The Morgan fingerprint density at radius 1 is 0.571 bits per heavy atom. The van der Waals surface area contributed by atoms with Gasteiger partial charge in [0.15, 0.2) is 6.10 Å². The van der Waals surface area contributed by atoms with Crippen molar-refractivity contribution in [3.8, 4) is 0 Å². The largest absolute Gasteiger partial charge is 0.756 e. The van der Waals surface area contributed by atoms with Crippen molar-refractivity contribution < 1.29 is 42.1 Å². The van der Waals surface area contributed by atoms with Crippen LogP contribution in [-0.4, -0.2) is 70.0 Å². The summed E-state index contributed by atoms with van der Waals surface area (Å²) in [6, 6.07) is 0. The van der Waals surface area contributed by atoms with Crippen LogP contribution in [0.15, 0.2) is 85.1 Å². The van der Waals surface area contributed by atoms with E-state index < -0.39 is 32.5 Å². The lowest BCUT2D eigenvalue weighted by atomic mass is 10.1. The molecule has 0 aliphatic rings. The molecule has 0 aliphatic heterocycles. The van der Waals surface area contributed by atoms with Crippen LogP contribution in [0.4, 0.5) is 0 Å². The van der Waals surface area contributed by atoms with Gasteiger partial charge in [-0.15, -0.1) is 0 Å². The van der Waals surface area contributed by atoms with E-state index in [0.717, 1.165) is 77.0 Å². The predicted molar refractivity (Wildman–Crippen MR) is 231 cm³/mol. The third-order valence-corrected chi connectivity index (χ3v) is 9.36. The first kappa shape index (κ1) is 53.2. The molecule has 2 atom stereocenters. The van der Waals surface area contributed by atoms with Crippen molar-refractivity contribution in [1.82, 2.24) is 0 Å². The molecule has 0 bridgehead atoms. The van der Waals surface area contributed by atoms with E-state index in [1.807, 2.05) is 27.2 Å². The van der Waals surface area contributed by atoms with Crippen molar-refractivity contribution >= 4 is 19.8 Å². The fourth-order valence-corrected chi connectivity index (χ4v) is 5.80. The van der Waals surface area contributed by atoms with E-state index in [1.165, 1.54) is 25.7 Å². The highest BCUT2D eigenvalue weighted by Crippen LogP contribution is 2.38. The molecule has 9 nitrogen and oxygen atoms in total. The highest BCUT2D eigenvalue weighted by atomic mass is 31.2. The minimum Gasteiger partial charge on any atom is -0.756 e. The summed E-state index contributed by atoms with van der Waals surface area (Å²) >= 11 is 0. The zero-order valence-corrected chi connectivity index (χ0v) is 36.7. The molecular weight excluding hydrogens is 725 g/mol. The molecule has 0 spiro atoms. The Morgan fingerprint density at radius 2 is 1.04 bits per heavy atom. The molecule has 0 aromatic carbocycles. The van der Waals surface area contributed by atoms with E-state index in [1.54, 1.807) is 0 Å². The number of unbranched alkanes of at least 4 members (excludes halogenated alkanes) is 9. The number of nitrogens with zero attached hydrogens (tertiary/aromatic N) is 1. The van der Waals surface area contributed by atoms with Gasteiger partial charge in [-0.1, -0.05) is 131 Å². The summed E-state index contributed by atoms with van der Waals surface area (Å²) in [7, 11) is 1.11. The van der Waals surface area contributed by atoms with Crippen molar-refractivity contribution in [2.24, 2.45) is 0 Å². The molecule has 0 saturated carbocycles. The zero-order chi connectivity index (χ0) is 41.4. The van der Waals surface area contributed by atoms with E-state index in [0.29, 0.717) is 23.9 Å². The first-order valence-corrected chi connectivity index (χ1v) is 22.8. The van der Waals surface area contributed by atoms with Gasteiger partial charge in [0.1, 0.15) is 19.8 Å². The van der Waals surface area contributed by atoms with Gasteiger partial charge in [0.25, 0.3) is 7.82 Å². The van der Waals surface area contributed by atoms with E-state index in [9.17, 15) is 19.0 Å². The molecule has 0 saturated heterocycles. The average molecular weight is 804 g/mol. The van der Waals surface area contributed by atoms with Crippen LogP contribution < -0.4 is 4.89 Å². The van der Waals surface area contributed by atoms with Crippen LogP contribution in [-0.2, 0) is 32.7 Å². The number of allylic oxidation sites excluding steroid dienone is 14. The number of rotatable bonds is 37. The van der Waals surface area contributed by atoms with Gasteiger partial charge in [-0.25, -0.2) is 0 Å². The summed E-state index contributed by atoms with van der Waals surface area (Å²) in [6.45, 7) is 3.97. The monoisotopic (exact) mass is 804 g/mol. The number of quaternary nitrogens is 1. The number of hydrogen-bond donors (Lipinski definition) is 0. The van der Waals surface area contributed by atoms with Gasteiger partial charge in [0, 0.05) is 12.8 Å². The molecule has 0 heterocycles. The van der Waals surface area contributed by atoms with Crippen molar-refractivity contribution in [2.45, 2.75) is 148 Å². The standard InChI is InChI=1S/C46H78NO8P/c1-6-8-10-12-14-16-18-20-22-23-25-26-28-30-32-34-36-38-45(48)52-42-44(43-54-56(50,51)53-41-40-47(3,4)5)55-46(49)39-37-35-33-31-29-27-24-21-19-17-15-13-11-9-7-2/h8,10,14-17,20-22,24-26,30,32,44H,6-7,9,11-13,18-19,23,27-29,31,33-43H2,1-5H3/b10-8+,16-14+,17-15+,22-20+,24-21+,26-25+,32-30+/t44-/m1/s1. The Bertz CT molecular complexity index is 1230. The highest BCUT2D eigenvalue weighted by molar-refractivity contribution is 7.45. The lowest BCUT2D eigenvalue weighted by molar-refractivity contribution is -0.870. The molecule has 0 aliphatic carbocycles. The molecule has 0 amide bonds. The van der Waals surface area contributed by atoms with Gasteiger partial charge >= 0.3 is 11.9 Å². The van der Waals surface area contributed by atoms with Crippen LogP contribution in [0.2, 0.25) is 0 Å². The Hall–Kier alpha value is -2.81. The van der Waals surface area contributed by atoms with Gasteiger partial charge in [0.2, 0.25) is 0 Å². The topological polar surface area (TPSA) is 111 Å². The SMILES string of the molecule is CC/C=C/C/C=C/C/C=C/C/C=C/C/C=C/CCCC(=O)OC[C@H](COP(=O)([O-])OCC[N+](C)(C)C)OC(=O)CCCCCCC/C=C/C/C=C/CCCCC. The number of carbonyl (C=O) groups excluding carboxylic acids is 2. The number of phosphoric ester groups is 1. The maximum atomic E-state index is 12.7. The van der Waals surface area contributed by atoms with E-state index in [-0.39, 0.29) is 26.1 Å². The summed E-state index contributed by atoms with van der Waals surface area (Å²) in [5, 5.41) is 0. The molecule has 0 aromatic rings. The molecule has 10 heteroatoms. The Kier molecular flexibility index (Phi) is 35.9. The maximum Gasteiger partial charge on any atom is 0.306 e. The van der Waals surface area contributed by atoms with Crippen molar-refractivity contribution in [3.63, 3.8) is 0 Å². The number of carbonyl (C=O) groups is 2. The lowest BCUT2D eigenvalue weighted by Gasteiger charge is -2.28. The van der Waals surface area contributed by atoms with Gasteiger partial charge in [-0.3, -0.25) is 14.2 Å². The van der Waals surface area contributed by atoms with Gasteiger partial charge in [-0.2, -0.15) is 0 Å². The summed E-state index contributed by atoms with van der Waals surface area (Å²) in [4.78, 5) is 37.5. The van der Waals surface area contributed by atoms with Crippen LogP contribution >= 0.6 is 7.82 Å². The normalized spacial score (nSPS) is 14.5. The van der Waals surface area contributed by atoms with Crippen LogP contribution in [0, 0.1) is 0 Å². The second kappa shape index (κ2) is 37.7. The smallest absolute Gasteiger partial charge is 0.306 e. The number of phosphoric acid groups is 1. The fourth-order valence-electron chi connectivity index (χ4n) is 5.07. The fraction of sp³-hybridized carbons (Fsp3) is 0.652. The van der Waals surface area contributed by atoms with Crippen molar-refractivity contribution in [1.29, 1.82) is 0 Å². The summed E-state index contributed by atoms with van der Waals surface area (Å²) in [5.41, 5.74) is 0. The molecule has 0 fully saturated rings. The number of hydrogen-bond acceptors (Lipinski definition) is 8. The second-order valence-corrected chi connectivity index (χ2v) is 16.4. The molecule has 56 heavy (non-hydrogen) atoms. The van der Waals surface area contributed by atoms with Crippen molar-refractivity contribution in [2.75, 3.05) is 47.5 Å². The van der Waals surface area contributed by atoms with Crippen LogP contribution in [0.1, 0.15) is 142 Å². The number of ether oxygens (including phenoxy) is 2. The Morgan fingerprint density at radius 3 is 1.57 bits per heavy atom. The minimum absolute atomic E-state index is 0.0472. The molecule has 0 aromatic heterocycles. The molecule has 320 valence electrons. The van der Waals surface area contributed by atoms with Crippen molar-refractivity contribution in [3.05, 3.63) is 85.1 Å². The molecule has 0 rings (SSSR count). The molecule has 0 radical (unpaired) electrons. The van der Waals surface area contributed by atoms with E-state index >= 15 is 0 Å². The third-order valence-electron chi connectivity index (χ3n) is 8.40. The maximum absolute atomic E-state index is 12.7. The minimum atomic E-state index is -4.64. The third kappa shape index (κ3) is 40.8. The molecule has 0 N–H and O–H groups in total. The Labute approximate surface area is 341 Å². The van der Waals surface area contributed by atoms with Crippen LogP contribution in [0.25, 0.3) is 0 Å². The van der Waals surface area contributed by atoms with Gasteiger partial charge < -0.3 is 27.9 Å². The van der Waals surface area contributed by atoms with Gasteiger partial charge in [0.05, 0.1) is 27.7 Å². The van der Waals surface area contributed by atoms with Crippen LogP contribution in [0.5, 0.6) is 0 Å². The second-order valence-electron chi connectivity index (χ2n) is 15.0. The first-order valence-electron chi connectivity index (χ1n) is 21.3.